The monoisotopic (exact) mass is 400 g/mol. The number of nitro groups is 1. The van der Waals surface area contributed by atoms with Crippen molar-refractivity contribution in [3.8, 4) is 0 Å². The van der Waals surface area contributed by atoms with Crippen molar-refractivity contribution in [2.24, 2.45) is 5.10 Å². The van der Waals surface area contributed by atoms with Crippen LogP contribution in [-0.4, -0.2) is 36.3 Å². The first-order valence-electron chi connectivity index (χ1n) is 8.24. The highest BCUT2D eigenvalue weighted by Crippen LogP contribution is 2.33. The molecular weight excluding hydrogens is 388 g/mol. The highest BCUT2D eigenvalue weighted by atomic mass is 35.5. The van der Waals surface area contributed by atoms with E-state index < -0.39 is 22.8 Å². The third-order valence-corrected chi connectivity index (χ3v) is 4.45. The quantitative estimate of drug-likeness (QED) is 0.479. The lowest BCUT2D eigenvalue weighted by Gasteiger charge is -2.19. The minimum atomic E-state index is -0.723. The molecule has 1 aliphatic rings. The second-order valence-electron chi connectivity index (χ2n) is 6.03. The van der Waals surface area contributed by atoms with Gasteiger partial charge in [0.1, 0.15) is 18.3 Å². The van der Waals surface area contributed by atoms with Crippen molar-refractivity contribution in [1.82, 2.24) is 19.8 Å². The maximum atomic E-state index is 12.8. The summed E-state index contributed by atoms with van der Waals surface area (Å²) in [6, 6.07) is 10.2. The molecule has 0 saturated heterocycles. The number of hydrogen-bond donors (Lipinski definition) is 0. The number of benzene rings is 1. The molecule has 1 atom stereocenters. The van der Waals surface area contributed by atoms with Crippen LogP contribution in [0.3, 0.4) is 0 Å². The number of rotatable bonds is 5. The van der Waals surface area contributed by atoms with Gasteiger partial charge in [0.05, 0.1) is 12.0 Å². The average Bonchev–Trinajstić information content (AvgIpc) is 3.42. The van der Waals surface area contributed by atoms with Gasteiger partial charge in [-0.3, -0.25) is 4.79 Å². The molecule has 4 rings (SSSR count). The van der Waals surface area contributed by atoms with Crippen molar-refractivity contribution in [1.29, 1.82) is 0 Å². The summed E-state index contributed by atoms with van der Waals surface area (Å²) >= 11 is 5.94. The maximum absolute atomic E-state index is 12.8. The van der Waals surface area contributed by atoms with E-state index in [0.717, 1.165) is 16.6 Å². The van der Waals surface area contributed by atoms with E-state index in [4.69, 9.17) is 16.0 Å². The lowest BCUT2D eigenvalue weighted by molar-refractivity contribution is -0.394. The molecule has 3 heterocycles. The Bertz CT molecular complexity index is 1040. The first-order chi connectivity index (χ1) is 13.5. The van der Waals surface area contributed by atoms with E-state index in [1.54, 1.807) is 24.3 Å². The first kappa shape index (κ1) is 17.9. The Balaban J connectivity index is 1.60. The first-order valence-corrected chi connectivity index (χ1v) is 8.62. The molecule has 2 aromatic heterocycles. The largest absolute Gasteiger partial charge is 0.490 e. The number of amides is 1. The number of aromatic nitrogens is 3. The number of hydrazone groups is 1. The van der Waals surface area contributed by atoms with Crippen molar-refractivity contribution in [2.75, 3.05) is 0 Å². The zero-order valence-electron chi connectivity index (χ0n) is 14.3. The molecule has 10 nitrogen and oxygen atoms in total. The van der Waals surface area contributed by atoms with E-state index in [1.165, 1.54) is 11.3 Å². The van der Waals surface area contributed by atoms with Gasteiger partial charge >= 0.3 is 5.95 Å². The third-order valence-electron chi connectivity index (χ3n) is 4.20. The predicted molar refractivity (Wildman–Crippen MR) is 97.6 cm³/mol. The topological polar surface area (TPSA) is 120 Å². The highest BCUT2D eigenvalue weighted by Gasteiger charge is 2.35. The molecule has 28 heavy (non-hydrogen) atoms. The molecule has 0 N–H and O–H groups in total. The van der Waals surface area contributed by atoms with Gasteiger partial charge in [-0.1, -0.05) is 28.7 Å². The molecule has 0 bridgehead atoms. The maximum Gasteiger partial charge on any atom is 0.490 e. The van der Waals surface area contributed by atoms with E-state index in [0.29, 0.717) is 22.9 Å². The SMILES string of the molecule is O=C(Cn1cnc([N+](=O)[O-])n1)N1N=C(c2ccc(Cl)cc2)CC1c1ccco1. The van der Waals surface area contributed by atoms with Crippen LogP contribution in [0.15, 0.2) is 58.5 Å². The van der Waals surface area contributed by atoms with Crippen LogP contribution in [0.5, 0.6) is 0 Å². The smallest absolute Gasteiger partial charge is 0.467 e. The lowest BCUT2D eigenvalue weighted by atomic mass is 10.0. The molecule has 1 amide bonds. The summed E-state index contributed by atoms with van der Waals surface area (Å²) in [6.07, 6.45) is 3.12. The zero-order chi connectivity index (χ0) is 19.7. The van der Waals surface area contributed by atoms with E-state index >= 15 is 0 Å². The summed E-state index contributed by atoms with van der Waals surface area (Å²) in [5, 5.41) is 20.8. The summed E-state index contributed by atoms with van der Waals surface area (Å²) in [7, 11) is 0. The number of hydrogen-bond acceptors (Lipinski definition) is 7. The second kappa shape index (κ2) is 7.24. The van der Waals surface area contributed by atoms with Gasteiger partial charge in [-0.2, -0.15) is 9.78 Å². The van der Waals surface area contributed by atoms with E-state index in [-0.39, 0.29) is 6.54 Å². The molecule has 0 radical (unpaired) electrons. The summed E-state index contributed by atoms with van der Waals surface area (Å²) < 4.78 is 6.58. The van der Waals surface area contributed by atoms with Crippen molar-refractivity contribution >= 4 is 29.2 Å². The standard InChI is InChI=1S/C17H13ClN6O4/c18-12-5-3-11(4-6-12)13-8-14(15-2-1-7-28-15)23(20-13)16(25)9-22-10-19-17(21-22)24(26)27/h1-7,10,14H,8-9H2. The van der Waals surface area contributed by atoms with Gasteiger partial charge in [-0.15, -0.1) is 0 Å². The van der Waals surface area contributed by atoms with Crippen molar-refractivity contribution in [3.63, 3.8) is 0 Å². The Morgan fingerprint density at radius 2 is 2.11 bits per heavy atom. The number of nitrogens with zero attached hydrogens (tertiary/aromatic N) is 6. The Morgan fingerprint density at radius 3 is 2.75 bits per heavy atom. The van der Waals surface area contributed by atoms with Crippen LogP contribution in [-0.2, 0) is 11.3 Å². The van der Waals surface area contributed by atoms with Gasteiger partial charge in [0.2, 0.25) is 6.33 Å². The minimum absolute atomic E-state index is 0.241. The lowest BCUT2D eigenvalue weighted by Crippen LogP contribution is -2.30. The molecule has 142 valence electrons. The Kier molecular flexibility index (Phi) is 4.62. The predicted octanol–water partition coefficient (Wildman–Crippen LogP) is 2.81. The second-order valence-corrected chi connectivity index (χ2v) is 6.46. The van der Waals surface area contributed by atoms with E-state index in [2.05, 4.69) is 15.2 Å². The molecular formula is C17H13ClN6O4. The fourth-order valence-corrected chi connectivity index (χ4v) is 3.04. The summed E-state index contributed by atoms with van der Waals surface area (Å²) in [6.45, 7) is -0.241. The van der Waals surface area contributed by atoms with Crippen molar-refractivity contribution in [3.05, 3.63) is 75.4 Å². The Labute approximate surface area is 163 Å². The van der Waals surface area contributed by atoms with Crippen molar-refractivity contribution < 1.29 is 14.1 Å². The molecule has 0 fully saturated rings. The number of carbonyl (C=O) groups is 1. The third kappa shape index (κ3) is 3.49. The summed E-state index contributed by atoms with van der Waals surface area (Å²) in [5.74, 6) is -0.377. The fourth-order valence-electron chi connectivity index (χ4n) is 2.92. The highest BCUT2D eigenvalue weighted by molar-refractivity contribution is 6.30. The van der Waals surface area contributed by atoms with Gasteiger partial charge in [-0.05, 0) is 34.8 Å². The normalized spacial score (nSPS) is 16.2. The van der Waals surface area contributed by atoms with Crippen molar-refractivity contribution in [2.45, 2.75) is 19.0 Å². The minimum Gasteiger partial charge on any atom is -0.467 e. The van der Waals surface area contributed by atoms with Gasteiger partial charge in [0, 0.05) is 16.5 Å². The Hall–Kier alpha value is -3.53. The van der Waals surface area contributed by atoms with Crippen LogP contribution in [0.1, 0.15) is 23.8 Å². The van der Waals surface area contributed by atoms with Gasteiger partial charge in [0.25, 0.3) is 5.91 Å². The molecule has 0 saturated carbocycles. The molecule has 0 spiro atoms. The van der Waals surface area contributed by atoms with Crippen LogP contribution in [0.25, 0.3) is 0 Å². The van der Waals surface area contributed by atoms with Gasteiger partial charge in [0.15, 0.2) is 0 Å². The molecule has 1 aliphatic heterocycles. The van der Waals surface area contributed by atoms with Crippen LogP contribution >= 0.6 is 11.6 Å². The molecule has 0 aliphatic carbocycles. The fraction of sp³-hybridized carbons (Fsp3) is 0.176. The molecule has 3 aromatic rings. The van der Waals surface area contributed by atoms with E-state index in [9.17, 15) is 14.9 Å². The molecule has 1 unspecified atom stereocenters. The summed E-state index contributed by atoms with van der Waals surface area (Å²) in [5.41, 5.74) is 1.55. The molecule has 1 aromatic carbocycles. The zero-order valence-corrected chi connectivity index (χ0v) is 15.1. The van der Waals surface area contributed by atoms with Gasteiger partial charge in [-0.25, -0.2) is 5.01 Å². The van der Waals surface area contributed by atoms with Gasteiger partial charge < -0.3 is 14.5 Å². The Morgan fingerprint density at radius 1 is 1.32 bits per heavy atom. The number of carbonyl (C=O) groups excluding carboxylic acids is 1. The van der Waals surface area contributed by atoms with E-state index in [1.807, 2.05) is 12.1 Å². The average molecular weight is 401 g/mol. The molecule has 11 heteroatoms. The van der Waals surface area contributed by atoms with Crippen LogP contribution < -0.4 is 0 Å². The van der Waals surface area contributed by atoms with Crippen LogP contribution in [0, 0.1) is 10.1 Å². The number of furan rings is 1. The van der Waals surface area contributed by atoms with Crippen LogP contribution in [0.2, 0.25) is 5.02 Å². The number of halogens is 1. The summed E-state index contributed by atoms with van der Waals surface area (Å²) in [4.78, 5) is 26.4. The van der Waals surface area contributed by atoms with Crippen LogP contribution in [0.4, 0.5) is 5.95 Å².